The number of carbonyl (C=O) groups is 1. The summed E-state index contributed by atoms with van der Waals surface area (Å²) in [5.74, 6) is -0.344. The molecule has 3 nitrogen and oxygen atoms in total. The van der Waals surface area contributed by atoms with Gasteiger partial charge in [-0.2, -0.15) is 5.26 Å². The van der Waals surface area contributed by atoms with Crippen molar-refractivity contribution in [2.45, 2.75) is 33.3 Å². The fourth-order valence-corrected chi connectivity index (χ4v) is 2.12. The summed E-state index contributed by atoms with van der Waals surface area (Å²) >= 11 is 0. The highest BCUT2D eigenvalue weighted by Gasteiger charge is 2.17. The number of ether oxygens (including phenoxy) is 1. The van der Waals surface area contributed by atoms with E-state index >= 15 is 0 Å². The van der Waals surface area contributed by atoms with Gasteiger partial charge in [0, 0.05) is 0 Å². The van der Waals surface area contributed by atoms with Gasteiger partial charge in [-0.3, -0.25) is 0 Å². The van der Waals surface area contributed by atoms with Gasteiger partial charge in [0.2, 0.25) is 0 Å². The molecule has 0 fully saturated rings. The van der Waals surface area contributed by atoms with E-state index in [1.807, 2.05) is 58.0 Å². The molecule has 2 aromatic carbocycles. The van der Waals surface area contributed by atoms with Crippen molar-refractivity contribution in [3.63, 3.8) is 0 Å². The summed E-state index contributed by atoms with van der Waals surface area (Å²) < 4.78 is 5.34. The molecule has 0 aliphatic heterocycles. The summed E-state index contributed by atoms with van der Waals surface area (Å²) in [4.78, 5) is 12.0. The first-order valence-electron chi connectivity index (χ1n) is 7.15. The molecule has 0 aliphatic carbocycles. The fourth-order valence-electron chi connectivity index (χ4n) is 2.12. The molecule has 22 heavy (non-hydrogen) atoms. The summed E-state index contributed by atoms with van der Waals surface area (Å²) in [7, 11) is 0. The average molecular weight is 293 g/mol. The van der Waals surface area contributed by atoms with Crippen LogP contribution in [-0.4, -0.2) is 11.6 Å². The van der Waals surface area contributed by atoms with Crippen LogP contribution in [0.1, 0.15) is 42.3 Å². The van der Waals surface area contributed by atoms with Crippen molar-refractivity contribution in [3.05, 3.63) is 59.2 Å². The molecule has 0 bridgehead atoms. The molecule has 2 aromatic rings. The number of aryl methyl sites for hydroxylation is 1. The molecule has 3 heteroatoms. The Balaban J connectivity index is 2.32. The minimum absolute atomic E-state index is 0.344. The van der Waals surface area contributed by atoms with E-state index in [-0.39, 0.29) is 5.97 Å². The monoisotopic (exact) mass is 293 g/mol. The smallest absolute Gasteiger partial charge is 0.338 e. The van der Waals surface area contributed by atoms with Crippen molar-refractivity contribution in [3.8, 4) is 17.2 Å². The van der Waals surface area contributed by atoms with Gasteiger partial charge >= 0.3 is 5.97 Å². The van der Waals surface area contributed by atoms with Gasteiger partial charge in [-0.25, -0.2) is 4.79 Å². The van der Waals surface area contributed by atoms with Crippen molar-refractivity contribution in [2.75, 3.05) is 0 Å². The Hall–Kier alpha value is -2.60. The molecule has 0 radical (unpaired) electrons. The Morgan fingerprint density at radius 1 is 1.09 bits per heavy atom. The largest absolute Gasteiger partial charge is 0.456 e. The van der Waals surface area contributed by atoms with Gasteiger partial charge in [0.15, 0.2) is 0 Å². The maximum Gasteiger partial charge on any atom is 0.338 e. The Morgan fingerprint density at radius 3 is 2.27 bits per heavy atom. The van der Waals surface area contributed by atoms with Crippen LogP contribution in [0, 0.1) is 18.3 Å². The highest BCUT2D eigenvalue weighted by Crippen LogP contribution is 2.25. The molecule has 0 aromatic heterocycles. The minimum atomic E-state index is -0.514. The molecule has 0 saturated heterocycles. The fraction of sp³-hybridized carbons (Fsp3) is 0.263. The summed E-state index contributed by atoms with van der Waals surface area (Å²) in [6, 6.07) is 15.0. The second-order valence-corrected chi connectivity index (χ2v) is 6.24. The molecule has 0 spiro atoms. The minimum Gasteiger partial charge on any atom is -0.456 e. The maximum atomic E-state index is 12.0. The molecule has 112 valence electrons. The first kappa shape index (κ1) is 15.8. The number of nitriles is 1. The van der Waals surface area contributed by atoms with Crippen LogP contribution in [0.15, 0.2) is 42.5 Å². The highest BCUT2D eigenvalue weighted by molar-refractivity contribution is 5.90. The van der Waals surface area contributed by atoms with Gasteiger partial charge in [-0.05, 0) is 57.0 Å². The van der Waals surface area contributed by atoms with Gasteiger partial charge in [0.25, 0.3) is 0 Å². The Morgan fingerprint density at radius 2 is 1.73 bits per heavy atom. The Labute approximate surface area is 131 Å². The lowest BCUT2D eigenvalue weighted by Crippen LogP contribution is -2.23. The number of rotatable bonds is 2. The number of benzene rings is 2. The van der Waals surface area contributed by atoms with E-state index in [0.29, 0.717) is 11.1 Å². The van der Waals surface area contributed by atoms with Crippen LogP contribution in [0.4, 0.5) is 0 Å². The first-order chi connectivity index (χ1) is 10.3. The molecule has 0 amide bonds. The second-order valence-electron chi connectivity index (χ2n) is 6.24. The Bertz CT molecular complexity index is 732. The predicted octanol–water partition coefficient (Wildman–Crippen LogP) is 4.49. The molecule has 0 saturated carbocycles. The van der Waals surface area contributed by atoms with E-state index in [9.17, 15) is 10.1 Å². The third-order valence-electron chi connectivity index (χ3n) is 3.13. The highest BCUT2D eigenvalue weighted by atomic mass is 16.6. The molecule has 0 aliphatic rings. The van der Waals surface area contributed by atoms with Crippen LogP contribution < -0.4 is 0 Å². The van der Waals surface area contributed by atoms with E-state index in [1.54, 1.807) is 12.1 Å². The summed E-state index contributed by atoms with van der Waals surface area (Å²) in [5.41, 5.74) is 3.48. The number of carbonyl (C=O) groups excluding carboxylic acids is 1. The van der Waals surface area contributed by atoms with Crippen LogP contribution in [0.2, 0.25) is 0 Å². The zero-order chi connectivity index (χ0) is 16.3. The number of hydrogen-bond donors (Lipinski definition) is 0. The zero-order valence-corrected chi connectivity index (χ0v) is 13.3. The lowest BCUT2D eigenvalue weighted by atomic mass is 9.97. The number of esters is 1. The van der Waals surface area contributed by atoms with Crippen molar-refractivity contribution >= 4 is 5.97 Å². The Kier molecular flexibility index (Phi) is 4.32. The molecular formula is C19H19NO2. The van der Waals surface area contributed by atoms with Gasteiger partial charge in [-0.1, -0.05) is 29.8 Å². The standard InChI is InChI=1S/C19H19NO2/c1-13-5-6-16(12-20)17(11-13)14-7-9-15(10-8-14)18(21)22-19(2,3)4/h5-11H,1-4H3. The molecule has 0 atom stereocenters. The topological polar surface area (TPSA) is 50.1 Å². The first-order valence-corrected chi connectivity index (χ1v) is 7.15. The molecule has 0 N–H and O–H groups in total. The third-order valence-corrected chi connectivity index (χ3v) is 3.13. The van der Waals surface area contributed by atoms with E-state index in [1.165, 1.54) is 0 Å². The summed E-state index contributed by atoms with van der Waals surface area (Å²) in [6.45, 7) is 7.50. The van der Waals surface area contributed by atoms with Crippen LogP contribution in [0.5, 0.6) is 0 Å². The maximum absolute atomic E-state index is 12.0. The molecule has 2 rings (SSSR count). The van der Waals surface area contributed by atoms with Crippen LogP contribution >= 0.6 is 0 Å². The van der Waals surface area contributed by atoms with Gasteiger partial charge in [0.1, 0.15) is 5.60 Å². The van der Waals surface area contributed by atoms with Crippen molar-refractivity contribution in [2.24, 2.45) is 0 Å². The second kappa shape index (κ2) is 6.03. The van der Waals surface area contributed by atoms with Crippen LogP contribution in [-0.2, 0) is 4.74 Å². The third kappa shape index (κ3) is 3.73. The SMILES string of the molecule is Cc1ccc(C#N)c(-c2ccc(C(=O)OC(C)(C)C)cc2)c1. The van der Waals surface area contributed by atoms with Crippen LogP contribution in [0.25, 0.3) is 11.1 Å². The average Bonchev–Trinajstić information content (AvgIpc) is 2.45. The predicted molar refractivity (Wildman–Crippen MR) is 86.5 cm³/mol. The van der Waals surface area contributed by atoms with Crippen LogP contribution in [0.3, 0.4) is 0 Å². The van der Waals surface area contributed by atoms with Gasteiger partial charge in [-0.15, -0.1) is 0 Å². The van der Waals surface area contributed by atoms with Crippen molar-refractivity contribution in [1.29, 1.82) is 5.26 Å². The number of hydrogen-bond acceptors (Lipinski definition) is 3. The summed E-state index contributed by atoms with van der Waals surface area (Å²) in [6.07, 6.45) is 0. The number of nitrogens with zero attached hydrogens (tertiary/aromatic N) is 1. The zero-order valence-electron chi connectivity index (χ0n) is 13.3. The van der Waals surface area contributed by atoms with E-state index in [4.69, 9.17) is 4.74 Å². The van der Waals surface area contributed by atoms with E-state index < -0.39 is 5.60 Å². The quantitative estimate of drug-likeness (QED) is 0.766. The van der Waals surface area contributed by atoms with Gasteiger partial charge in [0.05, 0.1) is 17.2 Å². The van der Waals surface area contributed by atoms with Gasteiger partial charge < -0.3 is 4.74 Å². The van der Waals surface area contributed by atoms with Crippen molar-refractivity contribution in [1.82, 2.24) is 0 Å². The molecule has 0 heterocycles. The summed E-state index contributed by atoms with van der Waals surface area (Å²) in [5, 5.41) is 9.22. The van der Waals surface area contributed by atoms with E-state index in [2.05, 4.69) is 6.07 Å². The lowest BCUT2D eigenvalue weighted by Gasteiger charge is -2.19. The van der Waals surface area contributed by atoms with E-state index in [0.717, 1.165) is 16.7 Å². The van der Waals surface area contributed by atoms with Crippen molar-refractivity contribution < 1.29 is 9.53 Å². The molecular weight excluding hydrogens is 274 g/mol. The molecule has 0 unspecified atom stereocenters. The normalized spacial score (nSPS) is 10.9. The lowest BCUT2D eigenvalue weighted by molar-refractivity contribution is 0.00696.